The van der Waals surface area contributed by atoms with Crippen LogP contribution in [-0.4, -0.2) is 18.6 Å². The second-order valence-electron chi connectivity index (χ2n) is 5.64. The summed E-state index contributed by atoms with van der Waals surface area (Å²) >= 11 is 0. The van der Waals surface area contributed by atoms with Crippen LogP contribution >= 0.6 is 0 Å². The Morgan fingerprint density at radius 3 is 2.80 bits per heavy atom. The SMILES string of the molecule is COc1cc(C(C)C)cc2[nH]c(=O)c3c(c12)NCCC3. The summed E-state index contributed by atoms with van der Waals surface area (Å²) in [7, 11) is 1.68. The molecule has 0 radical (unpaired) electrons. The zero-order chi connectivity index (χ0) is 14.3. The van der Waals surface area contributed by atoms with E-state index >= 15 is 0 Å². The molecule has 4 nitrogen and oxygen atoms in total. The molecule has 0 saturated heterocycles. The summed E-state index contributed by atoms with van der Waals surface area (Å²) in [6.45, 7) is 5.17. The largest absolute Gasteiger partial charge is 0.496 e. The molecule has 1 aliphatic rings. The van der Waals surface area contributed by atoms with E-state index in [1.807, 2.05) is 0 Å². The number of aromatic nitrogens is 1. The van der Waals surface area contributed by atoms with Crippen molar-refractivity contribution in [2.75, 3.05) is 19.0 Å². The van der Waals surface area contributed by atoms with Gasteiger partial charge in [-0.2, -0.15) is 0 Å². The Bertz CT molecular complexity index is 716. The van der Waals surface area contributed by atoms with Crippen LogP contribution in [-0.2, 0) is 6.42 Å². The van der Waals surface area contributed by atoms with Gasteiger partial charge in [-0.25, -0.2) is 0 Å². The van der Waals surface area contributed by atoms with Gasteiger partial charge < -0.3 is 15.0 Å². The van der Waals surface area contributed by atoms with Gasteiger partial charge in [-0.3, -0.25) is 4.79 Å². The van der Waals surface area contributed by atoms with Crippen molar-refractivity contribution < 1.29 is 4.74 Å². The van der Waals surface area contributed by atoms with Gasteiger partial charge in [-0.15, -0.1) is 0 Å². The molecule has 1 aliphatic heterocycles. The van der Waals surface area contributed by atoms with Crippen LogP contribution < -0.4 is 15.6 Å². The number of benzene rings is 1. The van der Waals surface area contributed by atoms with Crippen LogP contribution in [0.2, 0.25) is 0 Å². The van der Waals surface area contributed by atoms with Crippen molar-refractivity contribution in [3.8, 4) is 5.75 Å². The number of rotatable bonds is 2. The van der Waals surface area contributed by atoms with Crippen LogP contribution in [0.15, 0.2) is 16.9 Å². The van der Waals surface area contributed by atoms with Crippen molar-refractivity contribution >= 4 is 16.6 Å². The van der Waals surface area contributed by atoms with Gasteiger partial charge in [-0.1, -0.05) is 13.8 Å². The van der Waals surface area contributed by atoms with Crippen molar-refractivity contribution in [1.29, 1.82) is 0 Å². The van der Waals surface area contributed by atoms with Crippen molar-refractivity contribution in [1.82, 2.24) is 4.98 Å². The number of pyridine rings is 1. The molecule has 2 N–H and O–H groups in total. The molecule has 2 heterocycles. The lowest BCUT2D eigenvalue weighted by atomic mass is 9.96. The predicted molar refractivity (Wildman–Crippen MR) is 82.0 cm³/mol. The number of nitrogens with one attached hydrogen (secondary N) is 2. The fraction of sp³-hybridized carbons (Fsp3) is 0.438. The molecule has 0 bridgehead atoms. The molecule has 1 aromatic heterocycles. The zero-order valence-corrected chi connectivity index (χ0v) is 12.2. The number of fused-ring (bicyclic) bond motifs is 3. The maximum absolute atomic E-state index is 12.2. The Kier molecular flexibility index (Phi) is 3.16. The molecule has 0 unspecified atom stereocenters. The standard InChI is InChI=1S/C16H20N2O2/c1-9(2)10-7-12-14(13(8-10)20-3)15-11(16(19)18-12)5-4-6-17-15/h7-9,17H,4-6H2,1-3H3,(H,18,19). The monoisotopic (exact) mass is 272 g/mol. The highest BCUT2D eigenvalue weighted by Crippen LogP contribution is 2.36. The van der Waals surface area contributed by atoms with Gasteiger partial charge in [0.05, 0.1) is 23.7 Å². The third kappa shape index (κ3) is 1.96. The molecule has 0 amide bonds. The Hall–Kier alpha value is -1.97. The molecule has 0 aliphatic carbocycles. The van der Waals surface area contributed by atoms with E-state index in [1.165, 1.54) is 5.56 Å². The number of aromatic amines is 1. The van der Waals surface area contributed by atoms with Gasteiger partial charge in [0.25, 0.3) is 5.56 Å². The molecular weight excluding hydrogens is 252 g/mol. The normalized spacial score (nSPS) is 14.2. The predicted octanol–water partition coefficient (Wildman–Crippen LogP) is 3.02. The summed E-state index contributed by atoms with van der Waals surface area (Å²) in [4.78, 5) is 15.2. The molecular formula is C16H20N2O2. The molecule has 0 atom stereocenters. The van der Waals surface area contributed by atoms with Crippen LogP contribution in [0.4, 0.5) is 5.69 Å². The van der Waals surface area contributed by atoms with Crippen LogP contribution in [0.1, 0.15) is 37.3 Å². The average molecular weight is 272 g/mol. The van der Waals surface area contributed by atoms with E-state index in [-0.39, 0.29) is 5.56 Å². The molecule has 0 fully saturated rings. The van der Waals surface area contributed by atoms with Crippen molar-refractivity contribution in [2.45, 2.75) is 32.6 Å². The number of H-pyrrole nitrogens is 1. The Morgan fingerprint density at radius 2 is 2.10 bits per heavy atom. The Labute approximate surface area is 118 Å². The minimum atomic E-state index is 0.0164. The summed E-state index contributed by atoms with van der Waals surface area (Å²) in [5, 5.41) is 4.36. The van der Waals surface area contributed by atoms with Gasteiger partial charge in [0.15, 0.2) is 0 Å². The van der Waals surface area contributed by atoms with E-state index in [4.69, 9.17) is 4.74 Å². The third-order valence-electron chi connectivity index (χ3n) is 3.99. The molecule has 0 saturated carbocycles. The van der Waals surface area contributed by atoms with E-state index in [2.05, 4.69) is 36.3 Å². The second-order valence-corrected chi connectivity index (χ2v) is 5.64. The van der Waals surface area contributed by atoms with Crippen LogP contribution in [0.5, 0.6) is 5.75 Å². The second kappa shape index (κ2) is 4.85. The van der Waals surface area contributed by atoms with Crippen molar-refractivity contribution in [3.63, 3.8) is 0 Å². The minimum Gasteiger partial charge on any atom is -0.496 e. The highest BCUT2D eigenvalue weighted by atomic mass is 16.5. The van der Waals surface area contributed by atoms with Crippen molar-refractivity contribution in [3.05, 3.63) is 33.6 Å². The zero-order valence-electron chi connectivity index (χ0n) is 12.2. The van der Waals surface area contributed by atoms with Gasteiger partial charge in [0.1, 0.15) is 5.75 Å². The summed E-state index contributed by atoms with van der Waals surface area (Å²) in [5.74, 6) is 1.22. The number of hydrogen-bond donors (Lipinski definition) is 2. The summed E-state index contributed by atoms with van der Waals surface area (Å²) in [6.07, 6.45) is 1.82. The number of anilines is 1. The van der Waals surface area contributed by atoms with Gasteiger partial charge in [0, 0.05) is 12.1 Å². The smallest absolute Gasteiger partial charge is 0.253 e. The molecule has 20 heavy (non-hydrogen) atoms. The van der Waals surface area contributed by atoms with Gasteiger partial charge in [-0.05, 0) is 36.5 Å². The first-order valence-electron chi connectivity index (χ1n) is 7.12. The first-order valence-corrected chi connectivity index (χ1v) is 7.12. The number of hydrogen-bond acceptors (Lipinski definition) is 3. The van der Waals surface area contributed by atoms with Gasteiger partial charge >= 0.3 is 0 Å². The lowest BCUT2D eigenvalue weighted by Gasteiger charge is -2.21. The number of ether oxygens (including phenoxy) is 1. The van der Waals surface area contributed by atoms with E-state index in [0.717, 1.165) is 47.3 Å². The molecule has 3 rings (SSSR count). The maximum atomic E-state index is 12.2. The maximum Gasteiger partial charge on any atom is 0.253 e. The Balaban J connectivity index is 2.39. The van der Waals surface area contributed by atoms with Crippen molar-refractivity contribution in [2.24, 2.45) is 0 Å². The van der Waals surface area contributed by atoms with E-state index in [0.29, 0.717) is 5.92 Å². The average Bonchev–Trinajstić information content (AvgIpc) is 2.46. The topological polar surface area (TPSA) is 54.1 Å². The quantitative estimate of drug-likeness (QED) is 0.883. The molecule has 2 aromatic rings. The molecule has 106 valence electrons. The minimum absolute atomic E-state index is 0.0164. The fourth-order valence-electron chi connectivity index (χ4n) is 2.86. The Morgan fingerprint density at radius 1 is 1.30 bits per heavy atom. The van der Waals surface area contributed by atoms with E-state index in [1.54, 1.807) is 7.11 Å². The fourth-order valence-corrected chi connectivity index (χ4v) is 2.86. The van der Waals surface area contributed by atoms with E-state index in [9.17, 15) is 4.79 Å². The highest BCUT2D eigenvalue weighted by Gasteiger charge is 2.19. The lowest BCUT2D eigenvalue weighted by Crippen LogP contribution is -2.22. The number of methoxy groups -OCH3 is 1. The molecule has 1 aromatic carbocycles. The molecule has 4 heteroatoms. The summed E-state index contributed by atoms with van der Waals surface area (Å²) in [6, 6.07) is 4.13. The third-order valence-corrected chi connectivity index (χ3v) is 3.99. The highest BCUT2D eigenvalue weighted by molar-refractivity contribution is 5.98. The molecule has 0 spiro atoms. The van der Waals surface area contributed by atoms with Crippen LogP contribution in [0.3, 0.4) is 0 Å². The lowest BCUT2D eigenvalue weighted by molar-refractivity contribution is 0.419. The van der Waals surface area contributed by atoms with Crippen LogP contribution in [0, 0.1) is 0 Å². The summed E-state index contributed by atoms with van der Waals surface area (Å²) < 4.78 is 5.56. The van der Waals surface area contributed by atoms with E-state index < -0.39 is 0 Å². The van der Waals surface area contributed by atoms with Crippen LogP contribution in [0.25, 0.3) is 10.9 Å². The first-order chi connectivity index (χ1) is 9.61. The van der Waals surface area contributed by atoms with Gasteiger partial charge in [0.2, 0.25) is 0 Å². The first kappa shape index (κ1) is 13.0. The summed E-state index contributed by atoms with van der Waals surface area (Å²) in [5.41, 5.74) is 3.83.